The number of thiocyanates is 1. The molecule has 5 heteroatoms. The predicted molar refractivity (Wildman–Crippen MR) is 80.8 cm³/mol. The van der Waals surface area contributed by atoms with Crippen molar-refractivity contribution in [1.29, 1.82) is 5.26 Å². The maximum absolute atomic E-state index is 8.80. The van der Waals surface area contributed by atoms with Gasteiger partial charge < -0.3 is 8.85 Å². The van der Waals surface area contributed by atoms with Crippen molar-refractivity contribution in [3.05, 3.63) is 0 Å². The van der Waals surface area contributed by atoms with E-state index >= 15 is 0 Å². The van der Waals surface area contributed by atoms with Gasteiger partial charge >= 0.3 is 9.28 Å². The lowest BCUT2D eigenvalue weighted by Crippen LogP contribution is -2.32. The SMILES string of the molecule is CCCCCCCCCC(SC#N)[SiH](OC)OC. The summed E-state index contributed by atoms with van der Waals surface area (Å²) in [5.41, 5.74) is 0. The van der Waals surface area contributed by atoms with Crippen LogP contribution in [0.2, 0.25) is 0 Å². The Morgan fingerprint density at radius 3 is 2.11 bits per heavy atom. The van der Waals surface area contributed by atoms with Gasteiger partial charge in [0.05, 0.1) is 4.87 Å². The molecule has 0 radical (unpaired) electrons. The summed E-state index contributed by atoms with van der Waals surface area (Å²) in [7, 11) is 1.73. The molecule has 0 fully saturated rings. The van der Waals surface area contributed by atoms with Gasteiger partial charge in [0, 0.05) is 14.2 Å². The van der Waals surface area contributed by atoms with Crippen molar-refractivity contribution in [3.8, 4) is 5.40 Å². The number of nitrogens with zero attached hydrogens (tertiary/aromatic N) is 1. The Morgan fingerprint density at radius 2 is 1.61 bits per heavy atom. The quantitative estimate of drug-likeness (QED) is 0.312. The Labute approximate surface area is 118 Å². The standard InChI is InChI=1S/C13H27NO2SSi/c1-4-5-6-7-8-9-10-11-13(17-12-14)18(15-2)16-3/h13,18H,4-11H2,1-3H3. The first kappa shape index (κ1) is 18.0. The zero-order chi connectivity index (χ0) is 13.6. The fourth-order valence-electron chi connectivity index (χ4n) is 2.02. The predicted octanol–water partition coefficient (Wildman–Crippen LogP) is 3.76. The molecular weight excluding hydrogens is 262 g/mol. The Bertz CT molecular complexity index is 220. The van der Waals surface area contributed by atoms with Gasteiger partial charge in [0.15, 0.2) is 0 Å². The molecule has 0 saturated carbocycles. The fraction of sp³-hybridized carbons (Fsp3) is 0.923. The molecule has 18 heavy (non-hydrogen) atoms. The van der Waals surface area contributed by atoms with Gasteiger partial charge in [-0.25, -0.2) is 0 Å². The van der Waals surface area contributed by atoms with Crippen LogP contribution in [0.4, 0.5) is 0 Å². The molecule has 1 unspecified atom stereocenters. The average Bonchev–Trinajstić information content (AvgIpc) is 2.39. The van der Waals surface area contributed by atoms with Gasteiger partial charge in [0.1, 0.15) is 5.40 Å². The van der Waals surface area contributed by atoms with Crippen LogP contribution in [0.1, 0.15) is 58.3 Å². The maximum atomic E-state index is 8.80. The van der Waals surface area contributed by atoms with Crippen molar-refractivity contribution in [2.24, 2.45) is 0 Å². The third-order valence-electron chi connectivity index (χ3n) is 3.06. The molecule has 0 heterocycles. The van der Waals surface area contributed by atoms with Crippen LogP contribution >= 0.6 is 11.8 Å². The van der Waals surface area contributed by atoms with Crippen molar-refractivity contribution in [3.63, 3.8) is 0 Å². The number of nitriles is 1. The van der Waals surface area contributed by atoms with E-state index in [0.29, 0.717) is 0 Å². The summed E-state index contributed by atoms with van der Waals surface area (Å²) in [6, 6.07) is 0. The van der Waals surface area contributed by atoms with Crippen molar-refractivity contribution in [2.45, 2.75) is 63.2 Å². The lowest BCUT2D eigenvalue weighted by molar-refractivity contribution is 0.274. The summed E-state index contributed by atoms with van der Waals surface area (Å²) in [5, 5.41) is 11.0. The van der Waals surface area contributed by atoms with Crippen LogP contribution in [-0.4, -0.2) is 28.4 Å². The summed E-state index contributed by atoms with van der Waals surface area (Å²) in [4.78, 5) is 0.264. The summed E-state index contributed by atoms with van der Waals surface area (Å²) in [6.07, 6.45) is 10.2. The Hall–Kier alpha value is -0.0231. The Balaban J connectivity index is 3.67. The third kappa shape index (κ3) is 8.98. The molecule has 0 spiro atoms. The van der Waals surface area contributed by atoms with Crippen molar-refractivity contribution < 1.29 is 8.85 Å². The van der Waals surface area contributed by atoms with Gasteiger partial charge in [-0.1, -0.05) is 51.9 Å². The van der Waals surface area contributed by atoms with E-state index < -0.39 is 9.28 Å². The van der Waals surface area contributed by atoms with Crippen LogP contribution in [0.25, 0.3) is 0 Å². The molecule has 0 N–H and O–H groups in total. The molecule has 0 aromatic heterocycles. The molecule has 1 atom stereocenters. The van der Waals surface area contributed by atoms with E-state index in [2.05, 4.69) is 12.3 Å². The van der Waals surface area contributed by atoms with Gasteiger partial charge in [-0.2, -0.15) is 5.26 Å². The van der Waals surface area contributed by atoms with Crippen LogP contribution in [0.5, 0.6) is 0 Å². The molecular formula is C13H27NO2SSi. The van der Waals surface area contributed by atoms with E-state index in [-0.39, 0.29) is 4.87 Å². The maximum Gasteiger partial charge on any atom is 0.335 e. The second kappa shape index (κ2) is 13.4. The number of hydrogen-bond acceptors (Lipinski definition) is 4. The molecule has 0 amide bonds. The second-order valence-corrected chi connectivity index (χ2v) is 8.49. The molecule has 0 aromatic carbocycles. The topological polar surface area (TPSA) is 42.2 Å². The van der Waals surface area contributed by atoms with Gasteiger partial charge in [0.25, 0.3) is 0 Å². The Kier molecular flexibility index (Phi) is 13.4. The zero-order valence-electron chi connectivity index (χ0n) is 12.0. The highest BCUT2D eigenvalue weighted by Crippen LogP contribution is 2.21. The van der Waals surface area contributed by atoms with Crippen molar-refractivity contribution >= 4 is 21.0 Å². The van der Waals surface area contributed by atoms with Gasteiger partial charge in [0.2, 0.25) is 0 Å². The largest absolute Gasteiger partial charge is 0.399 e. The van der Waals surface area contributed by atoms with Crippen LogP contribution in [0.3, 0.4) is 0 Å². The average molecular weight is 290 g/mol. The van der Waals surface area contributed by atoms with E-state index in [1.165, 1.54) is 56.7 Å². The van der Waals surface area contributed by atoms with Gasteiger partial charge in [-0.15, -0.1) is 0 Å². The van der Waals surface area contributed by atoms with Gasteiger partial charge in [-0.05, 0) is 18.2 Å². The molecule has 0 saturated heterocycles. The third-order valence-corrected chi connectivity index (χ3v) is 6.65. The number of thioether (sulfide) groups is 1. The molecule has 3 nitrogen and oxygen atoms in total. The smallest absolute Gasteiger partial charge is 0.335 e. The van der Waals surface area contributed by atoms with Crippen molar-refractivity contribution in [2.75, 3.05) is 14.2 Å². The van der Waals surface area contributed by atoms with E-state index in [1.807, 2.05) is 0 Å². The minimum absolute atomic E-state index is 0.264. The van der Waals surface area contributed by atoms with E-state index in [9.17, 15) is 0 Å². The van der Waals surface area contributed by atoms with Crippen LogP contribution in [-0.2, 0) is 8.85 Å². The monoisotopic (exact) mass is 289 g/mol. The van der Waals surface area contributed by atoms with E-state index in [0.717, 1.165) is 6.42 Å². The molecule has 0 aliphatic carbocycles. The second-order valence-electron chi connectivity index (χ2n) is 4.50. The minimum Gasteiger partial charge on any atom is -0.399 e. The van der Waals surface area contributed by atoms with E-state index in [1.54, 1.807) is 14.2 Å². The first-order valence-electron chi connectivity index (χ1n) is 6.90. The first-order valence-corrected chi connectivity index (χ1v) is 9.39. The highest BCUT2D eigenvalue weighted by atomic mass is 32.2. The fourth-order valence-corrected chi connectivity index (χ4v) is 5.04. The highest BCUT2D eigenvalue weighted by molar-refractivity contribution is 8.05. The number of rotatable bonds is 12. The zero-order valence-corrected chi connectivity index (χ0v) is 14.0. The summed E-state index contributed by atoms with van der Waals surface area (Å²) >= 11 is 1.32. The molecule has 0 aliphatic rings. The molecule has 0 rings (SSSR count). The lowest BCUT2D eigenvalue weighted by atomic mass is 10.1. The molecule has 0 aromatic rings. The normalized spacial score (nSPS) is 12.6. The summed E-state index contributed by atoms with van der Waals surface area (Å²) < 4.78 is 10.7. The molecule has 0 aliphatic heterocycles. The Morgan fingerprint density at radius 1 is 1.06 bits per heavy atom. The van der Waals surface area contributed by atoms with Crippen molar-refractivity contribution in [1.82, 2.24) is 0 Å². The van der Waals surface area contributed by atoms with Crippen LogP contribution in [0.15, 0.2) is 0 Å². The number of hydrogen-bond donors (Lipinski definition) is 0. The minimum atomic E-state index is -1.65. The van der Waals surface area contributed by atoms with Gasteiger partial charge in [-0.3, -0.25) is 0 Å². The molecule has 0 bridgehead atoms. The van der Waals surface area contributed by atoms with Crippen LogP contribution < -0.4 is 0 Å². The molecule has 106 valence electrons. The lowest BCUT2D eigenvalue weighted by Gasteiger charge is -2.19. The highest BCUT2D eigenvalue weighted by Gasteiger charge is 2.24. The number of unbranched alkanes of at least 4 members (excludes halogenated alkanes) is 6. The summed E-state index contributed by atoms with van der Waals surface area (Å²) in [6.45, 7) is 2.24. The first-order chi connectivity index (χ1) is 8.79. The van der Waals surface area contributed by atoms with E-state index in [4.69, 9.17) is 14.1 Å². The summed E-state index contributed by atoms with van der Waals surface area (Å²) in [5.74, 6) is 0. The van der Waals surface area contributed by atoms with Crippen LogP contribution in [0, 0.1) is 10.7 Å².